The summed E-state index contributed by atoms with van der Waals surface area (Å²) in [6, 6.07) is 0. The van der Waals surface area contributed by atoms with E-state index in [2.05, 4.69) is 41.5 Å². The van der Waals surface area contributed by atoms with E-state index in [1.165, 1.54) is 0 Å². The summed E-state index contributed by atoms with van der Waals surface area (Å²) in [5.41, 5.74) is -2.96. The van der Waals surface area contributed by atoms with E-state index in [0.29, 0.717) is 79.3 Å². The van der Waals surface area contributed by atoms with Gasteiger partial charge in [-0.1, -0.05) is 41.5 Å². The molecule has 6 rings (SSSR count). The Bertz CT molecular complexity index is 1230. The molecule has 16 nitrogen and oxygen atoms in total. The van der Waals surface area contributed by atoms with Crippen LogP contribution in [0.25, 0.3) is 0 Å². The Kier molecular flexibility index (Phi) is 21.3. The largest absolute Gasteiger partial charge is 0.474 e. The van der Waals surface area contributed by atoms with Crippen molar-refractivity contribution in [1.82, 2.24) is 0 Å². The van der Waals surface area contributed by atoms with Crippen LogP contribution in [0.5, 0.6) is 0 Å². The molecule has 0 saturated carbocycles. The summed E-state index contributed by atoms with van der Waals surface area (Å²) in [5, 5.41) is 0. The molecule has 6 fully saturated rings. The molecule has 6 aliphatic heterocycles. The summed E-state index contributed by atoms with van der Waals surface area (Å²) in [4.78, 5) is 0. The van der Waals surface area contributed by atoms with Crippen LogP contribution in [0.3, 0.4) is 0 Å². The first-order chi connectivity index (χ1) is 31.0. The third kappa shape index (κ3) is 12.8. The Morgan fingerprint density at radius 3 is 0.600 bits per heavy atom. The lowest BCUT2D eigenvalue weighted by Crippen LogP contribution is -2.55. The molecule has 0 N–H and O–H groups in total. The monoisotopic (exact) mass is 1060 g/mol. The molecule has 6 saturated heterocycles. The first-order valence-electron chi connectivity index (χ1n) is 23.5. The third-order valence-corrected chi connectivity index (χ3v) is 23.6. The van der Waals surface area contributed by atoms with E-state index in [-0.39, 0.29) is 37.6 Å². The van der Waals surface area contributed by atoms with Crippen LogP contribution in [-0.2, 0) is 72.4 Å². The van der Waals surface area contributed by atoms with Crippen LogP contribution in [0.4, 0.5) is 0 Å². The second-order valence-electron chi connectivity index (χ2n) is 19.2. The van der Waals surface area contributed by atoms with Gasteiger partial charge in [0.2, 0.25) is 0 Å². The van der Waals surface area contributed by atoms with E-state index in [9.17, 15) is 0 Å². The number of phosphoric acid groups is 1. The van der Waals surface area contributed by atoms with E-state index < -0.39 is 90.6 Å². The van der Waals surface area contributed by atoms with Crippen LogP contribution in [0.15, 0.2) is 0 Å². The van der Waals surface area contributed by atoms with Gasteiger partial charge < -0.3 is 54.3 Å². The molecule has 0 radical (unpaired) electrons. The highest BCUT2D eigenvalue weighted by Gasteiger charge is 2.58. The van der Waals surface area contributed by atoms with Gasteiger partial charge in [0.15, 0.2) is 50.3 Å². The van der Waals surface area contributed by atoms with Crippen LogP contribution in [-0.4, -0.2) is 139 Å². The van der Waals surface area contributed by atoms with E-state index in [1.54, 1.807) is 0 Å². The van der Waals surface area contributed by atoms with Gasteiger partial charge in [0.05, 0.1) is 99.1 Å². The van der Waals surface area contributed by atoms with Crippen molar-refractivity contribution in [2.45, 2.75) is 80.1 Å². The molecular weight excluding hydrogens is 977 g/mol. The quantitative estimate of drug-likeness (QED) is 0.1000. The first kappa shape index (κ1) is 56.5. The zero-order valence-corrected chi connectivity index (χ0v) is 47.5. The standard InChI is InChI=1S/C42H81O16P7/c1-13-37(22-44-59(7)45-23-37)34(38(14-2)24-46-60(8)47-25-38)19-56-65(43,57-20-35(39(15-3)26-48-61(9)49-27-39)40(16-4)28-50-62(10)51-29-40)58-21-36(41(17-5)30-52-63(11)53-31-41)42(18-6)32-54-64(12)55-33-42/h34-36H,13-33H2,1-12H3. The van der Waals surface area contributed by atoms with Gasteiger partial charge in [-0.05, 0) is 38.5 Å². The molecule has 23 heteroatoms. The highest BCUT2D eigenvalue weighted by molar-refractivity contribution is 7.48. The zero-order valence-electron chi connectivity index (χ0n) is 41.2. The van der Waals surface area contributed by atoms with Gasteiger partial charge in [-0.25, -0.2) is 4.57 Å². The van der Waals surface area contributed by atoms with Crippen molar-refractivity contribution in [3.05, 3.63) is 0 Å². The van der Waals surface area contributed by atoms with Crippen LogP contribution in [0, 0.1) is 50.2 Å². The molecule has 380 valence electrons. The Balaban J connectivity index is 1.42. The Morgan fingerprint density at radius 1 is 0.338 bits per heavy atom. The first-order valence-corrected chi connectivity index (χ1v) is 34.7. The maximum Gasteiger partial charge on any atom is 0.474 e. The Hall–Kier alpha value is 2.21. The number of hydrogen-bond acceptors (Lipinski definition) is 16. The minimum atomic E-state index is -4.47. The van der Waals surface area contributed by atoms with Gasteiger partial charge in [-0.3, -0.25) is 13.6 Å². The third-order valence-electron chi connectivity index (χ3n) is 16.3. The van der Waals surface area contributed by atoms with Gasteiger partial charge in [0.1, 0.15) is 0 Å². The van der Waals surface area contributed by atoms with Crippen molar-refractivity contribution >= 4 is 58.1 Å². The maximum atomic E-state index is 16.3. The molecule has 0 unspecified atom stereocenters. The molecule has 0 aromatic rings. The number of rotatable bonds is 21. The van der Waals surface area contributed by atoms with Crippen molar-refractivity contribution in [3.8, 4) is 0 Å². The van der Waals surface area contributed by atoms with Crippen molar-refractivity contribution in [3.63, 3.8) is 0 Å². The average molecular weight is 1060 g/mol. The Morgan fingerprint density at radius 2 is 0.477 bits per heavy atom. The lowest BCUT2D eigenvalue weighted by atomic mass is 9.60. The van der Waals surface area contributed by atoms with Gasteiger partial charge in [-0.2, -0.15) is 0 Å². The summed E-state index contributed by atoms with van der Waals surface area (Å²) in [7, 11) is -10.6. The van der Waals surface area contributed by atoms with Crippen LogP contribution >= 0.6 is 58.1 Å². The fourth-order valence-corrected chi connectivity index (χ4v) is 17.6. The highest BCUT2D eigenvalue weighted by Crippen LogP contribution is 2.64. The van der Waals surface area contributed by atoms with Crippen LogP contribution in [0.2, 0.25) is 0 Å². The van der Waals surface area contributed by atoms with Crippen LogP contribution < -0.4 is 0 Å². The summed E-state index contributed by atoms with van der Waals surface area (Å²) < 4.78 is 113. The van der Waals surface area contributed by atoms with Gasteiger partial charge >= 0.3 is 7.82 Å². The average Bonchev–Trinajstić information content (AvgIpc) is 3.33. The molecule has 0 amide bonds. The van der Waals surface area contributed by atoms with Crippen molar-refractivity contribution < 1.29 is 72.4 Å². The summed E-state index contributed by atoms with van der Waals surface area (Å²) in [6.45, 7) is 30.6. The fourth-order valence-electron chi connectivity index (χ4n) is 10.6. The topological polar surface area (TPSA) is 156 Å². The molecule has 0 bridgehead atoms. The maximum absolute atomic E-state index is 16.3. The number of hydrogen-bond donors (Lipinski definition) is 0. The van der Waals surface area contributed by atoms with Gasteiger partial charge in [-0.15, -0.1) is 0 Å². The van der Waals surface area contributed by atoms with Gasteiger partial charge in [0, 0.05) is 90.2 Å². The van der Waals surface area contributed by atoms with Crippen molar-refractivity contribution in [2.24, 2.45) is 50.2 Å². The van der Waals surface area contributed by atoms with E-state index >= 15 is 4.57 Å². The van der Waals surface area contributed by atoms with E-state index in [0.717, 1.165) is 38.5 Å². The number of phosphoric ester groups is 1. The lowest BCUT2D eigenvalue weighted by molar-refractivity contribution is -0.139. The summed E-state index contributed by atoms with van der Waals surface area (Å²) >= 11 is 0. The summed E-state index contributed by atoms with van der Waals surface area (Å²) in [5.74, 6) is -0.797. The molecule has 0 atom stereocenters. The van der Waals surface area contributed by atoms with Crippen molar-refractivity contribution in [2.75, 3.05) is 139 Å². The molecule has 65 heavy (non-hydrogen) atoms. The van der Waals surface area contributed by atoms with Crippen LogP contribution in [0.1, 0.15) is 80.1 Å². The molecule has 0 aliphatic carbocycles. The second-order valence-corrected chi connectivity index (χ2v) is 29.3. The molecule has 0 spiro atoms. The molecule has 6 heterocycles. The molecule has 6 aliphatic rings. The highest BCUT2D eigenvalue weighted by atomic mass is 31.2. The minimum absolute atomic E-state index is 0.0318. The predicted octanol–water partition coefficient (Wildman–Crippen LogP) is 12.3. The lowest BCUT2D eigenvalue weighted by Gasteiger charge is -2.54. The predicted molar refractivity (Wildman–Crippen MR) is 261 cm³/mol. The fraction of sp³-hybridized carbons (Fsp3) is 1.00. The Labute approximate surface area is 398 Å². The van der Waals surface area contributed by atoms with Gasteiger partial charge in [0.25, 0.3) is 0 Å². The second kappa shape index (κ2) is 24.5. The normalized spacial score (nSPS) is 43.3. The van der Waals surface area contributed by atoms with E-state index in [4.69, 9.17) is 67.9 Å². The van der Waals surface area contributed by atoms with Crippen molar-refractivity contribution in [1.29, 1.82) is 0 Å². The minimum Gasteiger partial charge on any atom is -0.334 e. The molecule has 0 aromatic carbocycles. The smallest absolute Gasteiger partial charge is 0.334 e. The zero-order chi connectivity index (χ0) is 47.2. The summed E-state index contributed by atoms with van der Waals surface area (Å²) in [6.07, 6.45) is 4.41. The molecule has 0 aromatic heterocycles. The SMILES string of the molecule is CCC1(C(COP(=O)(OCC(C2(CC)COP(C)OC2)C2(CC)COP(C)OC2)OCC(C2(CC)COP(C)OC2)C2(CC)COP(C)OC2)C2(CC)COP(C)OC2)COP(C)OC1. The van der Waals surface area contributed by atoms with E-state index in [1.807, 2.05) is 40.0 Å². The molecular formula is C42H81O16P7.